The number of anilines is 1. The second-order valence-corrected chi connectivity index (χ2v) is 7.06. The Morgan fingerprint density at radius 1 is 1.38 bits per heavy atom. The van der Waals surface area contributed by atoms with Crippen LogP contribution < -0.4 is 10.0 Å². The Bertz CT molecular complexity index is 605. The normalized spacial score (nSPS) is 11.6. The van der Waals surface area contributed by atoms with Gasteiger partial charge in [-0.05, 0) is 25.1 Å². The maximum absolute atomic E-state index is 11.9. The van der Waals surface area contributed by atoms with Crippen LogP contribution in [0, 0.1) is 10.1 Å². The summed E-state index contributed by atoms with van der Waals surface area (Å²) in [6.07, 6.45) is 0.448. The van der Waals surface area contributed by atoms with Gasteiger partial charge in [-0.25, -0.2) is 8.42 Å². The van der Waals surface area contributed by atoms with Crippen LogP contribution in [-0.2, 0) is 10.0 Å². The average Bonchev–Trinajstić information content (AvgIpc) is 2.36. The Labute approximate surface area is 128 Å². The highest BCUT2D eigenvalue weighted by molar-refractivity contribution is 7.92. The van der Waals surface area contributed by atoms with Gasteiger partial charge in [-0.1, -0.05) is 25.4 Å². The van der Waals surface area contributed by atoms with Crippen molar-refractivity contribution in [1.29, 1.82) is 0 Å². The molecular weight excluding hydrogens is 318 g/mol. The van der Waals surface area contributed by atoms with Gasteiger partial charge in [0.1, 0.15) is 5.02 Å². The molecule has 1 aromatic carbocycles. The maximum Gasteiger partial charge on any atom is 0.289 e. The van der Waals surface area contributed by atoms with E-state index in [1.807, 2.05) is 13.8 Å². The quantitative estimate of drug-likeness (QED) is 0.431. The van der Waals surface area contributed by atoms with Crippen molar-refractivity contribution in [1.82, 2.24) is 5.32 Å². The summed E-state index contributed by atoms with van der Waals surface area (Å²) in [5.41, 5.74) is -0.207. The summed E-state index contributed by atoms with van der Waals surface area (Å²) in [7, 11) is -3.54. The molecule has 118 valence electrons. The predicted octanol–water partition coefficient (Wildman–Crippen LogP) is 2.38. The molecule has 0 saturated carbocycles. The van der Waals surface area contributed by atoms with Crippen LogP contribution in [0.5, 0.6) is 0 Å². The highest BCUT2D eigenvalue weighted by atomic mass is 35.5. The van der Waals surface area contributed by atoms with E-state index in [1.54, 1.807) is 0 Å². The van der Waals surface area contributed by atoms with Crippen LogP contribution in [0.15, 0.2) is 18.2 Å². The minimum Gasteiger partial charge on any atom is -0.314 e. The fourth-order valence-electron chi connectivity index (χ4n) is 1.60. The monoisotopic (exact) mass is 335 g/mol. The van der Waals surface area contributed by atoms with E-state index in [1.165, 1.54) is 12.1 Å². The summed E-state index contributed by atoms with van der Waals surface area (Å²) in [5, 5.41) is 13.8. The van der Waals surface area contributed by atoms with Gasteiger partial charge in [-0.2, -0.15) is 0 Å². The van der Waals surface area contributed by atoms with Gasteiger partial charge in [0.25, 0.3) is 5.69 Å². The molecule has 0 aliphatic heterocycles. The maximum atomic E-state index is 11.9. The van der Waals surface area contributed by atoms with Crippen molar-refractivity contribution in [3.63, 3.8) is 0 Å². The van der Waals surface area contributed by atoms with E-state index in [-0.39, 0.29) is 22.2 Å². The highest BCUT2D eigenvalue weighted by Crippen LogP contribution is 2.27. The number of sulfonamides is 1. The third kappa shape index (κ3) is 6.28. The summed E-state index contributed by atoms with van der Waals surface area (Å²) < 4.78 is 26.0. The Morgan fingerprint density at radius 2 is 2.05 bits per heavy atom. The number of rotatable bonds is 8. The van der Waals surface area contributed by atoms with Gasteiger partial charge in [-0.15, -0.1) is 0 Å². The third-order valence-electron chi connectivity index (χ3n) is 2.56. The molecule has 21 heavy (non-hydrogen) atoms. The van der Waals surface area contributed by atoms with E-state index in [2.05, 4.69) is 10.0 Å². The predicted molar refractivity (Wildman–Crippen MR) is 83.3 cm³/mol. The molecule has 0 unspecified atom stereocenters. The molecular formula is C12H18ClN3O4S. The lowest BCUT2D eigenvalue weighted by atomic mass is 10.3. The lowest BCUT2D eigenvalue weighted by Crippen LogP contribution is -2.26. The zero-order valence-corrected chi connectivity index (χ0v) is 13.4. The first-order valence-corrected chi connectivity index (χ1v) is 8.42. The molecule has 0 aliphatic rings. The smallest absolute Gasteiger partial charge is 0.289 e. The average molecular weight is 336 g/mol. The number of benzene rings is 1. The largest absolute Gasteiger partial charge is 0.314 e. The van der Waals surface area contributed by atoms with Gasteiger partial charge >= 0.3 is 0 Å². The summed E-state index contributed by atoms with van der Waals surface area (Å²) in [6, 6.07) is 4.07. The number of hydrogen-bond acceptors (Lipinski definition) is 5. The second-order valence-electron chi connectivity index (χ2n) is 4.81. The van der Waals surface area contributed by atoms with Crippen LogP contribution in [-0.4, -0.2) is 31.7 Å². The molecule has 1 rings (SSSR count). The molecule has 0 aliphatic carbocycles. The Kier molecular flexibility index (Phi) is 6.38. The number of nitrogens with one attached hydrogen (secondary N) is 2. The zero-order chi connectivity index (χ0) is 16.0. The fraction of sp³-hybridized carbons (Fsp3) is 0.500. The van der Waals surface area contributed by atoms with E-state index in [0.29, 0.717) is 19.0 Å². The van der Waals surface area contributed by atoms with Crippen LogP contribution in [0.3, 0.4) is 0 Å². The molecule has 2 N–H and O–H groups in total. The van der Waals surface area contributed by atoms with E-state index in [9.17, 15) is 18.5 Å². The van der Waals surface area contributed by atoms with Crippen molar-refractivity contribution in [2.45, 2.75) is 26.3 Å². The number of hydrogen-bond donors (Lipinski definition) is 2. The second kappa shape index (κ2) is 7.58. The van der Waals surface area contributed by atoms with Crippen molar-refractivity contribution in [3.8, 4) is 0 Å². The molecule has 0 aromatic heterocycles. The van der Waals surface area contributed by atoms with Crippen LogP contribution >= 0.6 is 11.6 Å². The molecule has 0 amide bonds. The van der Waals surface area contributed by atoms with Gasteiger partial charge in [0, 0.05) is 12.1 Å². The summed E-state index contributed by atoms with van der Waals surface area (Å²) >= 11 is 5.67. The van der Waals surface area contributed by atoms with E-state index < -0.39 is 14.9 Å². The molecule has 0 fully saturated rings. The summed E-state index contributed by atoms with van der Waals surface area (Å²) in [6.45, 7) is 4.53. The minimum absolute atomic E-state index is 0.0379. The van der Waals surface area contributed by atoms with Crippen molar-refractivity contribution in [2.24, 2.45) is 0 Å². The first-order chi connectivity index (χ1) is 9.71. The molecule has 7 nitrogen and oxygen atoms in total. The molecule has 0 heterocycles. The number of nitro groups is 1. The van der Waals surface area contributed by atoms with E-state index >= 15 is 0 Å². The van der Waals surface area contributed by atoms with Crippen LogP contribution in [0.2, 0.25) is 5.02 Å². The summed E-state index contributed by atoms with van der Waals surface area (Å²) in [4.78, 5) is 10.1. The molecule has 0 saturated heterocycles. The van der Waals surface area contributed by atoms with Gasteiger partial charge in [0.05, 0.1) is 16.4 Å². The van der Waals surface area contributed by atoms with Gasteiger partial charge < -0.3 is 5.32 Å². The lowest BCUT2D eigenvalue weighted by Gasteiger charge is -2.10. The summed E-state index contributed by atoms with van der Waals surface area (Å²) in [5.74, 6) is -0.0663. The Hall–Kier alpha value is -1.38. The van der Waals surface area contributed by atoms with Crippen LogP contribution in [0.4, 0.5) is 11.4 Å². The first kappa shape index (κ1) is 17.7. The number of nitrogens with zero attached hydrogens (tertiary/aromatic N) is 1. The molecule has 0 atom stereocenters. The van der Waals surface area contributed by atoms with Gasteiger partial charge in [-0.3, -0.25) is 14.8 Å². The highest BCUT2D eigenvalue weighted by Gasteiger charge is 2.16. The Balaban J connectivity index is 2.67. The standard InChI is InChI=1S/C12H18ClN3O4S/c1-9(2)14-6-3-7-21(19,20)15-10-4-5-11(13)12(8-10)16(17)18/h4-5,8-9,14-15H,3,6-7H2,1-2H3. The number of nitro benzene ring substituents is 1. The van der Waals surface area contributed by atoms with Crippen molar-refractivity contribution in [3.05, 3.63) is 33.3 Å². The van der Waals surface area contributed by atoms with Gasteiger partial charge in [0.15, 0.2) is 0 Å². The molecule has 1 aromatic rings. The molecule has 0 spiro atoms. The molecule has 0 bridgehead atoms. The Morgan fingerprint density at radius 3 is 2.62 bits per heavy atom. The van der Waals surface area contributed by atoms with Crippen LogP contribution in [0.1, 0.15) is 20.3 Å². The van der Waals surface area contributed by atoms with Crippen molar-refractivity contribution in [2.75, 3.05) is 17.0 Å². The van der Waals surface area contributed by atoms with E-state index in [4.69, 9.17) is 11.6 Å². The van der Waals surface area contributed by atoms with Gasteiger partial charge in [0.2, 0.25) is 10.0 Å². The fourth-order valence-corrected chi connectivity index (χ4v) is 2.90. The zero-order valence-electron chi connectivity index (χ0n) is 11.8. The van der Waals surface area contributed by atoms with Crippen molar-refractivity contribution >= 4 is 33.0 Å². The molecule has 0 radical (unpaired) electrons. The lowest BCUT2D eigenvalue weighted by molar-refractivity contribution is -0.384. The van der Waals surface area contributed by atoms with Crippen LogP contribution in [0.25, 0.3) is 0 Å². The van der Waals surface area contributed by atoms with Crippen molar-refractivity contribution < 1.29 is 13.3 Å². The molecule has 9 heteroatoms. The number of halogens is 1. The topological polar surface area (TPSA) is 101 Å². The first-order valence-electron chi connectivity index (χ1n) is 6.39. The van der Waals surface area contributed by atoms with E-state index in [0.717, 1.165) is 6.07 Å². The minimum atomic E-state index is -3.54. The SMILES string of the molecule is CC(C)NCCCS(=O)(=O)Nc1ccc(Cl)c([N+](=O)[O-])c1. The third-order valence-corrected chi connectivity index (χ3v) is 4.25.